The molecular weight excluding hydrogens is 326 g/mol. The molecule has 0 spiro atoms. The predicted molar refractivity (Wildman–Crippen MR) is 104 cm³/mol. The number of cyclic esters (lactones) is 1. The summed E-state index contributed by atoms with van der Waals surface area (Å²) in [6, 6.07) is 9.64. The molecule has 4 nitrogen and oxygen atoms in total. The molecule has 2 rings (SSSR count). The highest BCUT2D eigenvalue weighted by Crippen LogP contribution is 2.30. The molecule has 0 saturated carbocycles. The van der Waals surface area contributed by atoms with Gasteiger partial charge in [-0.05, 0) is 37.7 Å². The highest BCUT2D eigenvalue weighted by molar-refractivity contribution is 5.77. The molecule has 0 aliphatic carbocycles. The fourth-order valence-electron chi connectivity index (χ4n) is 3.56. The lowest BCUT2D eigenvalue weighted by Crippen LogP contribution is -2.35. The van der Waals surface area contributed by atoms with Crippen LogP contribution < -0.4 is 0 Å². The molecule has 1 saturated heterocycles. The van der Waals surface area contributed by atoms with Crippen molar-refractivity contribution in [3.63, 3.8) is 0 Å². The van der Waals surface area contributed by atoms with E-state index in [-0.39, 0.29) is 24.1 Å². The van der Waals surface area contributed by atoms with E-state index in [2.05, 4.69) is 30.8 Å². The van der Waals surface area contributed by atoms with Gasteiger partial charge in [-0.25, -0.2) is 4.79 Å². The molecule has 0 N–H and O–H groups in total. The Bertz CT molecular complexity index is 593. The molecule has 0 radical (unpaired) electrons. The van der Waals surface area contributed by atoms with Gasteiger partial charge in [0.25, 0.3) is 6.57 Å². The van der Waals surface area contributed by atoms with Crippen molar-refractivity contribution in [1.29, 1.82) is 0 Å². The normalized spacial score (nSPS) is 27.1. The number of ether oxygens (including phenoxy) is 2. The number of rotatable bonds is 6. The zero-order valence-corrected chi connectivity index (χ0v) is 16.3. The second kappa shape index (κ2) is 10.3. The summed E-state index contributed by atoms with van der Waals surface area (Å²) in [5, 5.41) is 0. The summed E-state index contributed by atoms with van der Waals surface area (Å²) in [6.45, 7) is 12.4. The Morgan fingerprint density at radius 1 is 1.27 bits per heavy atom. The number of hydrogen-bond donors (Lipinski definition) is 0. The van der Waals surface area contributed by atoms with Crippen molar-refractivity contribution in [3.05, 3.63) is 40.7 Å². The molecule has 4 atom stereocenters. The molecule has 1 aromatic carbocycles. The first-order valence-electron chi connectivity index (χ1n) is 9.77. The maximum atomic E-state index is 12.3. The van der Waals surface area contributed by atoms with E-state index in [1.807, 2.05) is 25.1 Å². The minimum Gasteiger partial charge on any atom is -0.456 e. The molecule has 1 fully saturated rings. The summed E-state index contributed by atoms with van der Waals surface area (Å²) >= 11 is 0. The Morgan fingerprint density at radius 2 is 2.00 bits per heavy atom. The summed E-state index contributed by atoms with van der Waals surface area (Å²) < 4.78 is 12.0. The van der Waals surface area contributed by atoms with E-state index in [4.69, 9.17) is 16.0 Å². The van der Waals surface area contributed by atoms with Crippen LogP contribution in [0.25, 0.3) is 4.85 Å². The van der Waals surface area contributed by atoms with E-state index in [1.165, 1.54) is 0 Å². The van der Waals surface area contributed by atoms with Gasteiger partial charge in [-0.1, -0.05) is 55.4 Å². The third-order valence-corrected chi connectivity index (χ3v) is 5.19. The van der Waals surface area contributed by atoms with E-state index in [0.29, 0.717) is 18.9 Å². The van der Waals surface area contributed by atoms with E-state index >= 15 is 0 Å². The lowest BCUT2D eigenvalue weighted by Gasteiger charge is -2.31. The van der Waals surface area contributed by atoms with Crippen molar-refractivity contribution in [2.24, 2.45) is 11.8 Å². The topological polar surface area (TPSA) is 39.9 Å². The zero-order chi connectivity index (χ0) is 18.9. The summed E-state index contributed by atoms with van der Waals surface area (Å²) in [5.41, 5.74) is 1.16. The molecule has 0 bridgehead atoms. The number of benzene rings is 1. The zero-order valence-electron chi connectivity index (χ0n) is 16.3. The van der Waals surface area contributed by atoms with Crippen LogP contribution in [0.5, 0.6) is 0 Å². The molecule has 0 amide bonds. The fraction of sp³-hybridized carbons (Fsp3) is 0.636. The quantitative estimate of drug-likeness (QED) is 0.667. The minimum absolute atomic E-state index is 0.0632. The smallest absolute Gasteiger partial charge is 0.395 e. The molecule has 1 aliphatic heterocycles. The van der Waals surface area contributed by atoms with Gasteiger partial charge in [0.1, 0.15) is 6.10 Å². The lowest BCUT2D eigenvalue weighted by atomic mass is 9.86. The van der Waals surface area contributed by atoms with E-state index in [9.17, 15) is 4.79 Å². The monoisotopic (exact) mass is 358 g/mol. The number of nitrogens with zero attached hydrogens (tertiary/aromatic N) is 1. The van der Waals surface area contributed by atoms with Crippen LogP contribution in [0.15, 0.2) is 30.3 Å². The van der Waals surface area contributed by atoms with Gasteiger partial charge in [0.05, 0.1) is 12.7 Å². The van der Waals surface area contributed by atoms with Crippen molar-refractivity contribution in [2.45, 2.75) is 77.7 Å². The van der Waals surface area contributed by atoms with Gasteiger partial charge in [0.15, 0.2) is 0 Å². The Labute approximate surface area is 157 Å². The van der Waals surface area contributed by atoms with Gasteiger partial charge in [0.2, 0.25) is 0 Å². The van der Waals surface area contributed by atoms with Crippen molar-refractivity contribution in [2.75, 3.05) is 0 Å². The van der Waals surface area contributed by atoms with Gasteiger partial charge < -0.3 is 9.47 Å². The van der Waals surface area contributed by atoms with Crippen molar-refractivity contribution >= 4 is 5.97 Å². The molecular formula is C22H32NO3+. The molecule has 1 aromatic rings. The minimum atomic E-state index is -0.559. The summed E-state index contributed by atoms with van der Waals surface area (Å²) in [7, 11) is 0. The first-order chi connectivity index (χ1) is 12.5. The SMILES string of the molecule is C#[N+][C@H]1CCC[C@H](OCc2ccccc2)[C@@H](CCC(C)C)[C@H](C)OC1=O. The van der Waals surface area contributed by atoms with Crippen LogP contribution in [-0.2, 0) is 20.9 Å². The van der Waals surface area contributed by atoms with Gasteiger partial charge >= 0.3 is 12.0 Å². The number of esters is 1. The third-order valence-electron chi connectivity index (χ3n) is 5.19. The Kier molecular flexibility index (Phi) is 8.12. The van der Waals surface area contributed by atoms with Gasteiger partial charge in [-0.15, -0.1) is 0 Å². The maximum Gasteiger partial charge on any atom is 0.395 e. The summed E-state index contributed by atoms with van der Waals surface area (Å²) in [5.74, 6) is 0.479. The second-order valence-corrected chi connectivity index (χ2v) is 7.71. The predicted octanol–water partition coefficient (Wildman–Crippen LogP) is 5.07. The molecule has 0 aromatic heterocycles. The van der Waals surface area contributed by atoms with E-state index < -0.39 is 6.04 Å². The van der Waals surface area contributed by atoms with E-state index in [0.717, 1.165) is 31.2 Å². The molecule has 0 unspecified atom stereocenters. The average Bonchev–Trinajstić information content (AvgIpc) is 2.67. The van der Waals surface area contributed by atoms with Crippen LogP contribution in [0.1, 0.15) is 58.4 Å². The van der Waals surface area contributed by atoms with Gasteiger partial charge in [-0.2, -0.15) is 0 Å². The molecule has 1 heterocycles. The average molecular weight is 359 g/mol. The lowest BCUT2D eigenvalue weighted by molar-refractivity contribution is -0.154. The Hall–Kier alpha value is -1.86. The maximum absolute atomic E-state index is 12.3. The highest BCUT2D eigenvalue weighted by atomic mass is 16.5. The second-order valence-electron chi connectivity index (χ2n) is 7.71. The van der Waals surface area contributed by atoms with Crippen molar-refractivity contribution in [1.82, 2.24) is 0 Å². The first kappa shape index (κ1) is 20.5. The summed E-state index contributed by atoms with van der Waals surface area (Å²) in [6.07, 6.45) is 4.29. The van der Waals surface area contributed by atoms with Crippen LogP contribution in [0.3, 0.4) is 0 Å². The van der Waals surface area contributed by atoms with Crippen LogP contribution >= 0.6 is 0 Å². The molecule has 4 heteroatoms. The first-order valence-corrected chi connectivity index (χ1v) is 9.77. The highest BCUT2D eigenvalue weighted by Gasteiger charge is 2.37. The van der Waals surface area contributed by atoms with Gasteiger partial charge in [-0.3, -0.25) is 0 Å². The molecule has 26 heavy (non-hydrogen) atoms. The number of carbonyl (C=O) groups excluding carboxylic acids is 1. The van der Waals surface area contributed by atoms with Crippen LogP contribution in [0.2, 0.25) is 0 Å². The Balaban J connectivity index is 2.12. The standard InChI is InChI=1S/C22H32NO3/c1-16(2)13-14-19-17(3)26-22(24)20(23-4)11-8-12-21(19)25-15-18-9-6-5-7-10-18/h4-7,9-10,16-17,19-21H,8,11-15H2,1-3H3/q+1/t17-,19-,20-,21-/m0/s1. The van der Waals surface area contributed by atoms with Crippen LogP contribution in [0.4, 0.5) is 0 Å². The van der Waals surface area contributed by atoms with Crippen LogP contribution in [-0.4, -0.2) is 24.2 Å². The van der Waals surface area contributed by atoms with Crippen molar-refractivity contribution < 1.29 is 14.3 Å². The Morgan fingerprint density at radius 3 is 2.65 bits per heavy atom. The molecule has 1 aliphatic rings. The van der Waals surface area contributed by atoms with Gasteiger partial charge in [0, 0.05) is 12.3 Å². The number of hydrogen-bond acceptors (Lipinski definition) is 3. The van der Waals surface area contributed by atoms with Crippen LogP contribution in [0, 0.1) is 18.4 Å². The number of carbonyl (C=O) groups is 1. The summed E-state index contributed by atoms with van der Waals surface area (Å²) in [4.78, 5) is 16.0. The largest absolute Gasteiger partial charge is 0.456 e. The molecule has 142 valence electrons. The fourth-order valence-corrected chi connectivity index (χ4v) is 3.56. The third kappa shape index (κ3) is 6.14. The van der Waals surface area contributed by atoms with E-state index in [1.54, 1.807) is 0 Å². The van der Waals surface area contributed by atoms with Crippen molar-refractivity contribution in [3.8, 4) is 6.57 Å².